The van der Waals surface area contributed by atoms with Crippen molar-refractivity contribution in [1.29, 1.82) is 0 Å². The summed E-state index contributed by atoms with van der Waals surface area (Å²) in [4.78, 5) is 0. The molecule has 1 saturated carbocycles. The Morgan fingerprint density at radius 3 is 2.76 bits per heavy atom. The molecule has 0 aliphatic heterocycles. The highest BCUT2D eigenvalue weighted by Gasteiger charge is 2.26. The zero-order chi connectivity index (χ0) is 12.3. The van der Waals surface area contributed by atoms with E-state index < -0.39 is 0 Å². The van der Waals surface area contributed by atoms with Crippen LogP contribution >= 0.6 is 0 Å². The minimum absolute atomic E-state index is 0.198. The van der Waals surface area contributed by atoms with Crippen molar-refractivity contribution in [2.24, 2.45) is 0 Å². The van der Waals surface area contributed by atoms with Crippen molar-refractivity contribution in [3.63, 3.8) is 0 Å². The quantitative estimate of drug-likeness (QED) is 0.841. The maximum atomic E-state index is 9.82. The van der Waals surface area contributed by atoms with Gasteiger partial charge >= 0.3 is 0 Å². The molecule has 0 aromatic heterocycles. The fourth-order valence-corrected chi connectivity index (χ4v) is 2.57. The summed E-state index contributed by atoms with van der Waals surface area (Å²) < 4.78 is 5.36. The second-order valence-corrected chi connectivity index (χ2v) is 4.74. The number of rotatable bonds is 4. The van der Waals surface area contributed by atoms with Crippen LogP contribution in [0.4, 0.5) is 0 Å². The van der Waals surface area contributed by atoms with Crippen molar-refractivity contribution in [2.45, 2.75) is 44.4 Å². The summed E-state index contributed by atoms with van der Waals surface area (Å²) in [5.41, 5.74) is 1.15. The van der Waals surface area contributed by atoms with Crippen molar-refractivity contribution < 1.29 is 9.84 Å². The average Bonchev–Trinajstić information content (AvgIpc) is 2.75. The number of para-hydroxylation sites is 1. The van der Waals surface area contributed by atoms with E-state index in [2.05, 4.69) is 18.3 Å². The third kappa shape index (κ3) is 2.79. The largest absolute Gasteiger partial charge is 0.496 e. The first-order valence-electron chi connectivity index (χ1n) is 6.29. The molecule has 1 aliphatic carbocycles. The monoisotopic (exact) mass is 235 g/mol. The summed E-state index contributed by atoms with van der Waals surface area (Å²) in [5.74, 6) is 0.903. The molecule has 1 aromatic carbocycles. The highest BCUT2D eigenvalue weighted by Crippen LogP contribution is 2.27. The lowest BCUT2D eigenvalue weighted by atomic mass is 10.1. The fourth-order valence-electron chi connectivity index (χ4n) is 2.57. The number of methoxy groups -OCH3 is 1. The van der Waals surface area contributed by atoms with Gasteiger partial charge in [-0.3, -0.25) is 0 Å². The number of aliphatic hydroxyl groups excluding tert-OH is 1. The molecule has 94 valence electrons. The molecular formula is C14H21NO2. The summed E-state index contributed by atoms with van der Waals surface area (Å²) in [6.07, 6.45) is 2.88. The fraction of sp³-hybridized carbons (Fsp3) is 0.571. The van der Waals surface area contributed by atoms with E-state index in [9.17, 15) is 5.11 Å². The van der Waals surface area contributed by atoms with Crippen molar-refractivity contribution in [3.8, 4) is 5.75 Å². The highest BCUT2D eigenvalue weighted by atomic mass is 16.5. The van der Waals surface area contributed by atoms with Crippen molar-refractivity contribution in [3.05, 3.63) is 29.8 Å². The molecule has 3 nitrogen and oxygen atoms in total. The molecule has 0 heterocycles. The second kappa shape index (κ2) is 5.52. The molecule has 3 atom stereocenters. The minimum atomic E-state index is -0.202. The van der Waals surface area contributed by atoms with Gasteiger partial charge in [0.05, 0.1) is 13.2 Å². The zero-order valence-electron chi connectivity index (χ0n) is 10.5. The Kier molecular flexibility index (Phi) is 4.02. The van der Waals surface area contributed by atoms with E-state index >= 15 is 0 Å². The van der Waals surface area contributed by atoms with E-state index in [1.165, 1.54) is 0 Å². The Morgan fingerprint density at radius 2 is 2.12 bits per heavy atom. The Balaban J connectivity index is 2.06. The Morgan fingerprint density at radius 1 is 1.35 bits per heavy atom. The van der Waals surface area contributed by atoms with Gasteiger partial charge in [0.2, 0.25) is 0 Å². The molecule has 3 heteroatoms. The minimum Gasteiger partial charge on any atom is -0.496 e. The molecule has 17 heavy (non-hydrogen) atoms. The molecule has 1 aromatic rings. The van der Waals surface area contributed by atoms with Crippen LogP contribution in [-0.2, 0) is 0 Å². The number of hydrogen-bond donors (Lipinski definition) is 2. The van der Waals surface area contributed by atoms with Gasteiger partial charge < -0.3 is 15.2 Å². The molecular weight excluding hydrogens is 214 g/mol. The van der Waals surface area contributed by atoms with Gasteiger partial charge in [0.15, 0.2) is 0 Å². The first-order chi connectivity index (χ1) is 8.22. The molecule has 1 aliphatic rings. The van der Waals surface area contributed by atoms with Crippen LogP contribution in [0, 0.1) is 0 Å². The van der Waals surface area contributed by atoms with E-state index in [1.807, 2.05) is 18.2 Å². The van der Waals surface area contributed by atoms with Crippen molar-refractivity contribution in [1.82, 2.24) is 5.32 Å². The number of benzene rings is 1. The second-order valence-electron chi connectivity index (χ2n) is 4.74. The van der Waals surface area contributed by atoms with Crippen LogP contribution in [0.25, 0.3) is 0 Å². The SMILES string of the molecule is COc1ccccc1[C@H](C)NC1CCCC1O. The predicted octanol–water partition coefficient (Wildman–Crippen LogP) is 2.26. The molecule has 2 N–H and O–H groups in total. The lowest BCUT2D eigenvalue weighted by Crippen LogP contribution is -2.37. The summed E-state index contributed by atoms with van der Waals surface area (Å²) in [7, 11) is 1.69. The lowest BCUT2D eigenvalue weighted by molar-refractivity contribution is 0.144. The molecule has 0 spiro atoms. The zero-order valence-corrected chi connectivity index (χ0v) is 10.5. The van der Waals surface area contributed by atoms with E-state index in [0.717, 1.165) is 30.6 Å². The van der Waals surface area contributed by atoms with Gasteiger partial charge in [-0.15, -0.1) is 0 Å². The molecule has 2 rings (SSSR count). The summed E-state index contributed by atoms with van der Waals surface area (Å²) in [5, 5.41) is 13.3. The highest BCUT2D eigenvalue weighted by molar-refractivity contribution is 5.35. The maximum Gasteiger partial charge on any atom is 0.123 e. The smallest absolute Gasteiger partial charge is 0.123 e. The van der Waals surface area contributed by atoms with Crippen LogP contribution in [0.15, 0.2) is 24.3 Å². The molecule has 1 fully saturated rings. The first kappa shape index (κ1) is 12.4. The number of ether oxygens (including phenoxy) is 1. The van der Waals surface area contributed by atoms with Crippen LogP contribution in [0.5, 0.6) is 5.75 Å². The standard InChI is InChI=1S/C14H21NO2/c1-10(15-12-7-5-8-13(12)16)11-6-3-4-9-14(11)17-2/h3-4,6,9-10,12-13,15-16H,5,7-8H2,1-2H3/t10-,12?,13?/m0/s1. The van der Waals surface area contributed by atoms with E-state index in [-0.39, 0.29) is 18.2 Å². The molecule has 2 unspecified atom stereocenters. The van der Waals surface area contributed by atoms with Crippen molar-refractivity contribution in [2.75, 3.05) is 7.11 Å². The van der Waals surface area contributed by atoms with Crippen LogP contribution in [0.2, 0.25) is 0 Å². The van der Waals surface area contributed by atoms with Gasteiger partial charge in [0.1, 0.15) is 5.75 Å². The Labute approximate surface area is 103 Å². The summed E-state index contributed by atoms with van der Waals surface area (Å²) >= 11 is 0. The first-order valence-corrected chi connectivity index (χ1v) is 6.29. The van der Waals surface area contributed by atoms with Gasteiger partial charge in [-0.2, -0.15) is 0 Å². The van der Waals surface area contributed by atoms with Gasteiger partial charge in [-0.1, -0.05) is 18.2 Å². The Bertz CT molecular complexity index is 367. The predicted molar refractivity (Wildman–Crippen MR) is 68.2 cm³/mol. The van der Waals surface area contributed by atoms with Gasteiger partial charge in [0.25, 0.3) is 0 Å². The molecule has 0 bridgehead atoms. The molecule has 0 radical (unpaired) electrons. The van der Waals surface area contributed by atoms with E-state index in [1.54, 1.807) is 7.11 Å². The van der Waals surface area contributed by atoms with Gasteiger partial charge in [0, 0.05) is 17.6 Å². The molecule has 0 saturated heterocycles. The third-order valence-corrected chi connectivity index (χ3v) is 3.55. The third-order valence-electron chi connectivity index (χ3n) is 3.55. The lowest BCUT2D eigenvalue weighted by Gasteiger charge is -2.23. The topological polar surface area (TPSA) is 41.5 Å². The van der Waals surface area contributed by atoms with Crippen LogP contribution in [0.1, 0.15) is 37.8 Å². The average molecular weight is 235 g/mol. The van der Waals surface area contributed by atoms with E-state index in [4.69, 9.17) is 4.74 Å². The Hall–Kier alpha value is -1.06. The van der Waals surface area contributed by atoms with Crippen molar-refractivity contribution >= 4 is 0 Å². The van der Waals surface area contributed by atoms with Gasteiger partial charge in [-0.25, -0.2) is 0 Å². The maximum absolute atomic E-state index is 9.82. The van der Waals surface area contributed by atoms with E-state index in [0.29, 0.717) is 0 Å². The number of aliphatic hydroxyl groups is 1. The summed E-state index contributed by atoms with van der Waals surface area (Å²) in [6, 6.07) is 8.44. The van der Waals surface area contributed by atoms with Crippen LogP contribution in [-0.4, -0.2) is 24.4 Å². The normalized spacial score (nSPS) is 25.8. The number of nitrogens with one attached hydrogen (secondary N) is 1. The van der Waals surface area contributed by atoms with Crippen LogP contribution in [0.3, 0.4) is 0 Å². The summed E-state index contributed by atoms with van der Waals surface area (Å²) in [6.45, 7) is 2.11. The number of hydrogen-bond acceptors (Lipinski definition) is 3. The molecule has 0 amide bonds. The van der Waals surface area contributed by atoms with Crippen LogP contribution < -0.4 is 10.1 Å². The van der Waals surface area contributed by atoms with Gasteiger partial charge in [-0.05, 0) is 32.3 Å².